The lowest BCUT2D eigenvalue weighted by Gasteiger charge is -2.37. The van der Waals surface area contributed by atoms with Crippen molar-refractivity contribution in [1.29, 1.82) is 0 Å². The van der Waals surface area contributed by atoms with Crippen LogP contribution in [-0.2, 0) is 16.1 Å². The fourth-order valence-electron chi connectivity index (χ4n) is 5.51. The molecule has 7 nitrogen and oxygen atoms in total. The molecule has 0 radical (unpaired) electrons. The van der Waals surface area contributed by atoms with Crippen LogP contribution in [-0.4, -0.2) is 70.8 Å². The Morgan fingerprint density at radius 3 is 2.69 bits per heavy atom. The summed E-state index contributed by atoms with van der Waals surface area (Å²) in [6.07, 6.45) is 3.52. The number of carbonyl (C=O) groups is 3. The van der Waals surface area contributed by atoms with Crippen molar-refractivity contribution in [2.75, 3.05) is 32.7 Å². The van der Waals surface area contributed by atoms with Crippen LogP contribution in [0.2, 0.25) is 0 Å². The number of carbonyl (C=O) groups excluding carboxylic acids is 3. The van der Waals surface area contributed by atoms with Gasteiger partial charge >= 0.3 is 6.03 Å². The van der Waals surface area contributed by atoms with Crippen molar-refractivity contribution in [3.05, 3.63) is 47.1 Å². The highest BCUT2D eigenvalue weighted by atomic mass is 32.1. The molecule has 2 aliphatic heterocycles. The third-order valence-electron chi connectivity index (χ3n) is 7.67. The highest BCUT2D eigenvalue weighted by Gasteiger charge is 2.55. The van der Waals surface area contributed by atoms with E-state index in [1.54, 1.807) is 28.4 Å². The summed E-state index contributed by atoms with van der Waals surface area (Å²) < 4.78 is 13.5. The van der Waals surface area contributed by atoms with Crippen molar-refractivity contribution in [3.8, 4) is 10.4 Å². The highest BCUT2D eigenvalue weighted by Crippen LogP contribution is 2.38. The lowest BCUT2D eigenvalue weighted by atomic mass is 9.73. The van der Waals surface area contributed by atoms with Crippen LogP contribution in [0.5, 0.6) is 0 Å². The van der Waals surface area contributed by atoms with Crippen LogP contribution in [0.4, 0.5) is 9.18 Å². The lowest BCUT2D eigenvalue weighted by molar-refractivity contribution is -0.141. The number of hydrogen-bond donors (Lipinski definition) is 1. The summed E-state index contributed by atoms with van der Waals surface area (Å²) in [5.74, 6) is -0.587. The number of hydrogen-bond acceptors (Lipinski definition) is 5. The number of imide groups is 1. The maximum Gasteiger partial charge on any atom is 0.325 e. The Hall–Kier alpha value is -2.78. The van der Waals surface area contributed by atoms with E-state index in [1.165, 1.54) is 10.9 Å². The first-order valence-corrected chi connectivity index (χ1v) is 13.2. The molecule has 1 spiro atoms. The summed E-state index contributed by atoms with van der Waals surface area (Å²) >= 11 is 1.65. The number of nitrogens with zero attached hydrogens (tertiary/aromatic N) is 3. The Balaban J connectivity index is 1.14. The van der Waals surface area contributed by atoms with Gasteiger partial charge in [-0.25, -0.2) is 9.18 Å². The largest absolute Gasteiger partial charge is 0.339 e. The van der Waals surface area contributed by atoms with Gasteiger partial charge in [-0.1, -0.05) is 31.9 Å². The average Bonchev–Trinajstić information content (AvgIpc) is 3.40. The van der Waals surface area contributed by atoms with Gasteiger partial charge in [0.25, 0.3) is 5.91 Å². The molecule has 1 N–H and O–H groups in total. The molecule has 1 aromatic heterocycles. The molecular weight excluding hydrogens is 467 g/mol. The zero-order valence-corrected chi connectivity index (χ0v) is 20.8. The molecule has 2 atom stereocenters. The Bertz CT molecular complexity index is 1130. The molecule has 35 heavy (non-hydrogen) atoms. The zero-order valence-electron chi connectivity index (χ0n) is 20.0. The van der Waals surface area contributed by atoms with E-state index >= 15 is 0 Å². The van der Waals surface area contributed by atoms with Crippen molar-refractivity contribution in [2.45, 2.75) is 44.7 Å². The predicted molar refractivity (Wildman–Crippen MR) is 132 cm³/mol. The summed E-state index contributed by atoms with van der Waals surface area (Å²) in [6, 6.07) is 10.3. The first-order valence-electron chi connectivity index (χ1n) is 12.3. The van der Waals surface area contributed by atoms with Gasteiger partial charge in [-0.3, -0.25) is 19.4 Å². The molecule has 2 saturated heterocycles. The van der Waals surface area contributed by atoms with Gasteiger partial charge in [-0.15, -0.1) is 11.3 Å². The summed E-state index contributed by atoms with van der Waals surface area (Å²) in [5, 5.41) is 2.92. The molecule has 5 rings (SSSR count). The Kier molecular flexibility index (Phi) is 6.63. The van der Waals surface area contributed by atoms with E-state index in [2.05, 4.69) is 16.3 Å². The predicted octanol–water partition coefficient (Wildman–Crippen LogP) is 3.70. The summed E-state index contributed by atoms with van der Waals surface area (Å²) in [6.45, 7) is 5.16. The minimum atomic E-state index is -0.834. The van der Waals surface area contributed by atoms with Crippen molar-refractivity contribution in [3.63, 3.8) is 0 Å². The smallest absolute Gasteiger partial charge is 0.325 e. The molecule has 4 amide bonds. The van der Waals surface area contributed by atoms with Gasteiger partial charge in [0.1, 0.15) is 17.9 Å². The Morgan fingerprint density at radius 1 is 1.14 bits per heavy atom. The average molecular weight is 499 g/mol. The van der Waals surface area contributed by atoms with Crippen LogP contribution in [0, 0.1) is 11.7 Å². The van der Waals surface area contributed by atoms with E-state index in [9.17, 15) is 18.8 Å². The van der Waals surface area contributed by atoms with E-state index in [0.29, 0.717) is 19.5 Å². The second-order valence-corrected chi connectivity index (χ2v) is 11.0. The highest BCUT2D eigenvalue weighted by molar-refractivity contribution is 7.15. The second-order valence-electron chi connectivity index (χ2n) is 9.87. The molecule has 0 bridgehead atoms. The molecule has 1 aliphatic carbocycles. The number of thiophene rings is 1. The topological polar surface area (TPSA) is 73.0 Å². The van der Waals surface area contributed by atoms with Gasteiger partial charge in [0.05, 0.1) is 0 Å². The molecule has 1 saturated carbocycles. The number of piperazine rings is 1. The van der Waals surface area contributed by atoms with Crippen LogP contribution in [0.25, 0.3) is 10.4 Å². The summed E-state index contributed by atoms with van der Waals surface area (Å²) in [7, 11) is 0. The van der Waals surface area contributed by atoms with E-state index in [4.69, 9.17) is 0 Å². The molecule has 1 aromatic carbocycles. The van der Waals surface area contributed by atoms with Crippen molar-refractivity contribution >= 4 is 29.2 Å². The van der Waals surface area contributed by atoms with Crippen molar-refractivity contribution in [1.82, 2.24) is 20.0 Å². The van der Waals surface area contributed by atoms with Crippen LogP contribution in [0.15, 0.2) is 36.4 Å². The minimum Gasteiger partial charge on any atom is -0.339 e. The quantitative estimate of drug-likeness (QED) is 0.638. The number of benzene rings is 1. The minimum absolute atomic E-state index is 0.0787. The van der Waals surface area contributed by atoms with Crippen LogP contribution >= 0.6 is 11.3 Å². The van der Waals surface area contributed by atoms with Gasteiger partial charge in [-0.05, 0) is 48.6 Å². The number of amides is 4. The SMILES string of the molecule is CC1CCCCC12NC(=O)N(CC(=O)N1CCN(Cc3ccc(-c4cccc(F)c4)s3)CC1)C2=O. The first-order chi connectivity index (χ1) is 16.9. The molecule has 3 fully saturated rings. The third kappa shape index (κ3) is 4.71. The first kappa shape index (κ1) is 23.9. The van der Waals surface area contributed by atoms with Crippen molar-refractivity contribution in [2.24, 2.45) is 5.92 Å². The fourth-order valence-corrected chi connectivity index (χ4v) is 6.56. The van der Waals surface area contributed by atoms with Gasteiger partial charge in [-0.2, -0.15) is 0 Å². The molecule has 2 unspecified atom stereocenters. The van der Waals surface area contributed by atoms with Gasteiger partial charge < -0.3 is 10.2 Å². The van der Waals surface area contributed by atoms with E-state index in [1.807, 2.05) is 19.1 Å². The summed E-state index contributed by atoms with van der Waals surface area (Å²) in [4.78, 5) is 46.1. The Morgan fingerprint density at radius 2 is 1.94 bits per heavy atom. The monoisotopic (exact) mass is 498 g/mol. The normalized spacial score (nSPS) is 25.4. The van der Waals surface area contributed by atoms with Gasteiger partial charge in [0, 0.05) is 42.5 Å². The molecule has 2 aromatic rings. The van der Waals surface area contributed by atoms with Gasteiger partial charge in [0.2, 0.25) is 5.91 Å². The lowest BCUT2D eigenvalue weighted by Crippen LogP contribution is -2.54. The number of urea groups is 1. The molecule has 3 heterocycles. The van der Waals surface area contributed by atoms with Crippen LogP contribution in [0.1, 0.15) is 37.5 Å². The molecular formula is C26H31FN4O3S. The molecule has 186 valence electrons. The Labute approximate surface area is 208 Å². The third-order valence-corrected chi connectivity index (χ3v) is 8.79. The number of halogens is 1. The number of rotatable bonds is 5. The number of nitrogens with one attached hydrogen (secondary N) is 1. The van der Waals surface area contributed by atoms with Gasteiger partial charge in [0.15, 0.2) is 0 Å². The maximum atomic E-state index is 13.5. The van der Waals surface area contributed by atoms with E-state index < -0.39 is 11.6 Å². The van der Waals surface area contributed by atoms with Crippen molar-refractivity contribution < 1.29 is 18.8 Å². The van der Waals surface area contributed by atoms with Crippen LogP contribution < -0.4 is 5.32 Å². The van der Waals surface area contributed by atoms with E-state index in [-0.39, 0.29) is 30.1 Å². The van der Waals surface area contributed by atoms with E-state index in [0.717, 1.165) is 54.2 Å². The second kappa shape index (κ2) is 9.70. The zero-order chi connectivity index (χ0) is 24.6. The molecule has 3 aliphatic rings. The molecule has 9 heteroatoms. The maximum absolute atomic E-state index is 13.5. The van der Waals surface area contributed by atoms with Crippen LogP contribution in [0.3, 0.4) is 0 Å². The summed E-state index contributed by atoms with van der Waals surface area (Å²) in [5.41, 5.74) is 0.0425. The standard InChI is InChI=1S/C26H31FN4O3S/c1-18-5-2-3-10-26(18)24(33)31(25(34)28-26)17-23(32)30-13-11-29(12-14-30)16-21-8-9-22(35-21)19-6-4-7-20(27)15-19/h4,6-9,15,18H,2-3,5,10-14,16-17H2,1H3,(H,28,34). The fraction of sp³-hybridized carbons (Fsp3) is 0.500.